The van der Waals surface area contributed by atoms with E-state index < -0.39 is 0 Å². The maximum atomic E-state index is 12.6. The quantitative estimate of drug-likeness (QED) is 0.311. The van der Waals surface area contributed by atoms with Crippen LogP contribution < -0.4 is 5.32 Å². The van der Waals surface area contributed by atoms with E-state index in [9.17, 15) is 4.79 Å². The van der Waals surface area contributed by atoms with Crippen LogP contribution >= 0.6 is 23.2 Å². The summed E-state index contributed by atoms with van der Waals surface area (Å²) in [6.07, 6.45) is 0. The van der Waals surface area contributed by atoms with Crippen molar-refractivity contribution in [2.75, 3.05) is 5.32 Å². The van der Waals surface area contributed by atoms with Gasteiger partial charge in [-0.1, -0.05) is 53.5 Å². The van der Waals surface area contributed by atoms with Gasteiger partial charge in [0.1, 0.15) is 5.52 Å². The molecule has 0 fully saturated rings. The molecule has 5 rings (SSSR count). The summed E-state index contributed by atoms with van der Waals surface area (Å²) in [4.78, 5) is 17.3. The number of aromatic nitrogens is 1. The smallest absolute Gasteiger partial charge is 0.257 e. The third-order valence-corrected chi connectivity index (χ3v) is 5.76. The number of rotatable bonds is 3. The van der Waals surface area contributed by atoms with Crippen LogP contribution in [0.5, 0.6) is 0 Å². The van der Waals surface area contributed by atoms with E-state index in [1.807, 2.05) is 49.4 Å². The fraction of sp³-hybridized carbons (Fsp3) is 0.0400. The molecule has 1 heterocycles. The molecule has 6 heteroatoms. The number of fused-ring (bicyclic) bond motifs is 2. The van der Waals surface area contributed by atoms with Crippen molar-refractivity contribution in [3.8, 4) is 11.5 Å². The Morgan fingerprint density at radius 2 is 1.71 bits per heavy atom. The van der Waals surface area contributed by atoms with Crippen molar-refractivity contribution in [1.29, 1.82) is 0 Å². The monoisotopic (exact) mass is 446 g/mol. The van der Waals surface area contributed by atoms with Crippen molar-refractivity contribution >= 4 is 56.7 Å². The molecule has 0 bridgehead atoms. The van der Waals surface area contributed by atoms with Crippen LogP contribution in [0.3, 0.4) is 0 Å². The molecule has 0 spiro atoms. The second-order valence-corrected chi connectivity index (χ2v) is 8.09. The average Bonchev–Trinajstić information content (AvgIpc) is 3.17. The molecule has 0 aliphatic carbocycles. The van der Waals surface area contributed by atoms with Crippen LogP contribution in [0.25, 0.3) is 33.3 Å². The van der Waals surface area contributed by atoms with E-state index >= 15 is 0 Å². The highest BCUT2D eigenvalue weighted by Gasteiger charge is 2.15. The molecule has 31 heavy (non-hydrogen) atoms. The number of hydrogen-bond donors (Lipinski definition) is 1. The number of carbonyl (C=O) groups excluding carboxylic acids is 1. The van der Waals surface area contributed by atoms with E-state index in [0.717, 1.165) is 21.9 Å². The van der Waals surface area contributed by atoms with Crippen LogP contribution in [0.15, 0.2) is 77.2 Å². The van der Waals surface area contributed by atoms with Crippen molar-refractivity contribution < 1.29 is 9.21 Å². The van der Waals surface area contributed by atoms with Gasteiger partial charge in [0.2, 0.25) is 5.89 Å². The summed E-state index contributed by atoms with van der Waals surface area (Å²) in [7, 11) is 0. The summed E-state index contributed by atoms with van der Waals surface area (Å²) in [6.45, 7) is 1.92. The van der Waals surface area contributed by atoms with Crippen molar-refractivity contribution in [1.82, 2.24) is 4.98 Å². The van der Waals surface area contributed by atoms with Gasteiger partial charge in [-0.2, -0.15) is 0 Å². The van der Waals surface area contributed by atoms with E-state index in [1.165, 1.54) is 0 Å². The fourth-order valence-electron chi connectivity index (χ4n) is 3.58. The summed E-state index contributed by atoms with van der Waals surface area (Å²) in [6, 6.07) is 22.3. The Balaban J connectivity index is 1.50. The molecule has 0 atom stereocenters. The number of halogens is 2. The van der Waals surface area contributed by atoms with Crippen molar-refractivity contribution in [3.05, 3.63) is 94.0 Å². The highest BCUT2D eigenvalue weighted by Crippen LogP contribution is 2.34. The highest BCUT2D eigenvalue weighted by atomic mass is 35.5. The molecule has 4 aromatic carbocycles. The predicted molar refractivity (Wildman–Crippen MR) is 126 cm³/mol. The second kappa shape index (κ2) is 7.73. The third-order valence-electron chi connectivity index (χ3n) is 5.11. The Morgan fingerprint density at radius 1 is 0.903 bits per heavy atom. The van der Waals surface area contributed by atoms with Crippen LogP contribution in [0.2, 0.25) is 10.0 Å². The number of nitrogens with zero attached hydrogens (tertiary/aromatic N) is 1. The summed E-state index contributed by atoms with van der Waals surface area (Å²) >= 11 is 12.6. The van der Waals surface area contributed by atoms with Gasteiger partial charge in [-0.25, -0.2) is 4.98 Å². The predicted octanol–water partition coefficient (Wildman–Crippen LogP) is 7.52. The number of amides is 1. The van der Waals surface area contributed by atoms with Crippen LogP contribution in [0, 0.1) is 6.92 Å². The lowest BCUT2D eigenvalue weighted by Gasteiger charge is -2.07. The maximum absolute atomic E-state index is 12.6. The second-order valence-electron chi connectivity index (χ2n) is 7.28. The Bertz CT molecular complexity index is 1470. The van der Waals surface area contributed by atoms with Gasteiger partial charge in [0.05, 0.1) is 10.6 Å². The largest absolute Gasteiger partial charge is 0.436 e. The molecule has 4 nitrogen and oxygen atoms in total. The number of carbonyl (C=O) groups is 1. The van der Waals surface area contributed by atoms with Crippen LogP contribution in [0.1, 0.15) is 15.9 Å². The normalized spacial score (nSPS) is 11.2. The molecule has 1 amide bonds. The molecule has 0 saturated carbocycles. The lowest BCUT2D eigenvalue weighted by atomic mass is 10.0. The molecule has 0 unspecified atom stereocenters. The zero-order valence-corrected chi connectivity index (χ0v) is 18.0. The molecule has 1 N–H and O–H groups in total. The molecular weight excluding hydrogens is 431 g/mol. The first kappa shape index (κ1) is 19.6. The number of benzene rings is 4. The first-order valence-corrected chi connectivity index (χ1v) is 10.4. The minimum Gasteiger partial charge on any atom is -0.436 e. The molecule has 0 aliphatic rings. The van der Waals surface area contributed by atoms with Gasteiger partial charge in [-0.05, 0) is 60.3 Å². The fourth-order valence-corrected chi connectivity index (χ4v) is 4.14. The number of nitrogens with one attached hydrogen (secondary N) is 1. The Morgan fingerprint density at radius 3 is 2.55 bits per heavy atom. The van der Waals surface area contributed by atoms with Crippen molar-refractivity contribution in [3.63, 3.8) is 0 Å². The lowest BCUT2D eigenvalue weighted by molar-refractivity contribution is 0.102. The topological polar surface area (TPSA) is 55.1 Å². The first-order valence-electron chi connectivity index (χ1n) is 9.65. The number of oxazole rings is 1. The van der Waals surface area contributed by atoms with Gasteiger partial charge in [-0.15, -0.1) is 0 Å². The lowest BCUT2D eigenvalue weighted by Crippen LogP contribution is -2.12. The van der Waals surface area contributed by atoms with Gasteiger partial charge in [0.25, 0.3) is 5.91 Å². The molecule has 5 aromatic rings. The molecule has 0 radical (unpaired) electrons. The van der Waals surface area contributed by atoms with Crippen molar-refractivity contribution in [2.24, 2.45) is 0 Å². The zero-order valence-electron chi connectivity index (χ0n) is 16.4. The first-order chi connectivity index (χ1) is 15.0. The van der Waals surface area contributed by atoms with E-state index in [2.05, 4.69) is 10.3 Å². The average molecular weight is 447 g/mol. The molecule has 152 valence electrons. The standard InChI is InChI=1S/C25H16Cl2N2O2/c1-14-8-10-19(21(27)12-14)24(30)28-15-9-11-23-22(13-15)29-25(31-23)18-6-2-5-17-16(18)4-3-7-20(17)26/h2-13H,1H3,(H,28,30). The van der Waals surface area contributed by atoms with E-state index in [1.54, 1.807) is 30.3 Å². The van der Waals surface area contributed by atoms with Gasteiger partial charge in [-0.3, -0.25) is 4.79 Å². The molecule has 1 aromatic heterocycles. The van der Waals surface area contributed by atoms with Crippen molar-refractivity contribution in [2.45, 2.75) is 6.92 Å². The van der Waals surface area contributed by atoms with E-state index in [-0.39, 0.29) is 5.91 Å². The number of anilines is 1. The van der Waals surface area contributed by atoms with Crippen LogP contribution in [-0.2, 0) is 0 Å². The third kappa shape index (κ3) is 3.65. The molecule has 0 saturated heterocycles. The summed E-state index contributed by atoms with van der Waals surface area (Å²) in [5.41, 5.74) is 4.14. The van der Waals surface area contributed by atoms with E-state index in [0.29, 0.717) is 38.3 Å². The van der Waals surface area contributed by atoms with Crippen LogP contribution in [0.4, 0.5) is 5.69 Å². The molecular formula is C25H16Cl2N2O2. The Kier molecular flexibility index (Phi) is 4.89. The van der Waals surface area contributed by atoms with E-state index in [4.69, 9.17) is 27.6 Å². The minimum atomic E-state index is -0.281. The van der Waals surface area contributed by atoms with Gasteiger partial charge in [0.15, 0.2) is 5.58 Å². The highest BCUT2D eigenvalue weighted by molar-refractivity contribution is 6.36. The summed E-state index contributed by atoms with van der Waals surface area (Å²) < 4.78 is 5.99. The number of hydrogen-bond acceptors (Lipinski definition) is 3. The Hall–Kier alpha value is -3.34. The number of aryl methyl sites for hydroxylation is 1. The summed E-state index contributed by atoms with van der Waals surface area (Å²) in [5.74, 6) is 0.213. The van der Waals surface area contributed by atoms with Gasteiger partial charge < -0.3 is 9.73 Å². The van der Waals surface area contributed by atoms with Gasteiger partial charge >= 0.3 is 0 Å². The minimum absolute atomic E-state index is 0.281. The zero-order chi connectivity index (χ0) is 21.5. The SMILES string of the molecule is Cc1ccc(C(=O)Nc2ccc3oc(-c4cccc5c(Cl)cccc45)nc3c2)c(Cl)c1. The summed E-state index contributed by atoms with van der Waals surface area (Å²) in [5, 5.41) is 5.86. The Labute approximate surface area is 188 Å². The van der Waals surface area contributed by atoms with Gasteiger partial charge in [0, 0.05) is 21.7 Å². The molecule has 0 aliphatic heterocycles. The van der Waals surface area contributed by atoms with Crippen LogP contribution in [-0.4, -0.2) is 10.9 Å². The maximum Gasteiger partial charge on any atom is 0.257 e.